The maximum atomic E-state index is 14.3. The molecule has 0 aromatic heterocycles. The molecule has 0 aromatic carbocycles. The first-order valence-electron chi connectivity index (χ1n) is 12.1. The van der Waals surface area contributed by atoms with Crippen molar-refractivity contribution in [2.45, 2.75) is 95.1 Å². The Bertz CT molecular complexity index is 753. The van der Waals surface area contributed by atoms with Crippen LogP contribution in [0.25, 0.3) is 0 Å². The Morgan fingerprint density at radius 3 is 2.67 bits per heavy atom. The van der Waals surface area contributed by atoms with Crippen molar-refractivity contribution in [3.8, 4) is 0 Å². The molecule has 4 nitrogen and oxygen atoms in total. The molecule has 4 bridgehead atoms. The molecule has 5 unspecified atom stereocenters. The van der Waals surface area contributed by atoms with E-state index in [0.29, 0.717) is 41.8 Å². The van der Waals surface area contributed by atoms with Crippen molar-refractivity contribution in [3.05, 3.63) is 0 Å². The topological polar surface area (TPSA) is 52.6 Å². The SMILES string of the molecule is COC(=O)CCC(C)C1CCC2C3CCC4C[C@@H]5CC[C@@]4(C)[C@]3(O5)C(=O)[C@@H](Br)[C@@]12C. The van der Waals surface area contributed by atoms with Gasteiger partial charge in [-0.3, -0.25) is 9.59 Å². The lowest BCUT2D eigenvalue weighted by atomic mass is 9.40. The molecule has 6 fully saturated rings. The van der Waals surface area contributed by atoms with E-state index in [0.717, 1.165) is 38.5 Å². The van der Waals surface area contributed by atoms with E-state index >= 15 is 0 Å². The van der Waals surface area contributed by atoms with Crippen molar-refractivity contribution < 1.29 is 19.1 Å². The van der Waals surface area contributed by atoms with Crippen LogP contribution in [-0.4, -0.2) is 35.4 Å². The van der Waals surface area contributed by atoms with Gasteiger partial charge in [0.1, 0.15) is 5.60 Å². The molecule has 10 atom stereocenters. The lowest BCUT2D eigenvalue weighted by Crippen LogP contribution is -2.77. The van der Waals surface area contributed by atoms with E-state index in [1.165, 1.54) is 20.0 Å². The minimum absolute atomic E-state index is 0.00366. The van der Waals surface area contributed by atoms with Gasteiger partial charge in [0.15, 0.2) is 5.78 Å². The first-order chi connectivity index (χ1) is 14.2. The molecule has 0 aromatic rings. The largest absolute Gasteiger partial charge is 0.469 e. The van der Waals surface area contributed by atoms with Crippen LogP contribution < -0.4 is 0 Å². The van der Waals surface area contributed by atoms with Gasteiger partial charge >= 0.3 is 5.97 Å². The number of ether oxygens (including phenoxy) is 2. The Labute approximate surface area is 189 Å². The lowest BCUT2D eigenvalue weighted by Gasteiger charge is -2.71. The highest BCUT2D eigenvalue weighted by molar-refractivity contribution is 9.10. The third-order valence-electron chi connectivity index (χ3n) is 10.7. The van der Waals surface area contributed by atoms with Crippen LogP contribution in [0.5, 0.6) is 0 Å². The molecule has 2 heterocycles. The highest BCUT2D eigenvalue weighted by Crippen LogP contribution is 2.73. The Kier molecular flexibility index (Phi) is 5.03. The molecule has 168 valence electrons. The summed E-state index contributed by atoms with van der Waals surface area (Å²) in [6.07, 6.45) is 9.73. The number of ketones is 1. The Hall–Kier alpha value is -0.420. The molecule has 0 N–H and O–H groups in total. The Morgan fingerprint density at radius 2 is 1.93 bits per heavy atom. The van der Waals surface area contributed by atoms with Crippen molar-refractivity contribution in [3.63, 3.8) is 0 Å². The average Bonchev–Trinajstić information content (AvgIpc) is 3.08. The van der Waals surface area contributed by atoms with Crippen LogP contribution >= 0.6 is 15.9 Å². The number of methoxy groups -OCH3 is 1. The van der Waals surface area contributed by atoms with Gasteiger partial charge in [-0.25, -0.2) is 0 Å². The summed E-state index contributed by atoms with van der Waals surface area (Å²) in [6, 6.07) is 0. The van der Waals surface area contributed by atoms with Crippen LogP contribution in [0.2, 0.25) is 0 Å². The van der Waals surface area contributed by atoms with E-state index < -0.39 is 5.60 Å². The summed E-state index contributed by atoms with van der Waals surface area (Å²) < 4.78 is 11.7. The average molecular weight is 481 g/mol. The van der Waals surface area contributed by atoms with E-state index in [1.807, 2.05) is 0 Å². The zero-order valence-electron chi connectivity index (χ0n) is 18.9. The van der Waals surface area contributed by atoms with Crippen LogP contribution in [0.15, 0.2) is 0 Å². The molecule has 0 amide bonds. The van der Waals surface area contributed by atoms with Crippen molar-refractivity contribution in [1.29, 1.82) is 0 Å². The number of halogens is 1. The third-order valence-corrected chi connectivity index (χ3v) is 12.1. The maximum absolute atomic E-state index is 14.3. The number of Topliss-reactive ketones (excluding diaryl/α,β-unsaturated/α-hetero) is 1. The van der Waals surface area contributed by atoms with E-state index in [9.17, 15) is 9.59 Å². The highest BCUT2D eigenvalue weighted by atomic mass is 79.9. The Morgan fingerprint density at radius 1 is 1.20 bits per heavy atom. The number of alkyl halides is 1. The number of rotatable bonds is 4. The van der Waals surface area contributed by atoms with Crippen molar-refractivity contribution in [1.82, 2.24) is 0 Å². The van der Waals surface area contributed by atoms with Crippen molar-refractivity contribution >= 4 is 27.7 Å². The molecular weight excluding hydrogens is 444 g/mol. The zero-order valence-corrected chi connectivity index (χ0v) is 20.5. The van der Waals surface area contributed by atoms with Crippen LogP contribution in [0.4, 0.5) is 0 Å². The molecule has 2 aliphatic heterocycles. The molecule has 4 saturated carbocycles. The standard InChI is InChI=1S/C25H37BrO4/c1-14(5-10-20(27)29-4)17-8-9-18-19-7-6-15-13-16-11-12-23(15,2)25(19,30-16)22(28)21(26)24(17,18)3/h14-19,21H,5-13H2,1-4H3/t14?,15?,16-,17?,18?,19?,21+,23+,24-,25+/m0/s1. The second-order valence-corrected chi connectivity index (χ2v) is 12.4. The summed E-state index contributed by atoms with van der Waals surface area (Å²) >= 11 is 3.98. The quantitative estimate of drug-likeness (QED) is 0.404. The molecule has 5 heteroatoms. The zero-order chi connectivity index (χ0) is 21.5. The first kappa shape index (κ1) is 21.4. The van der Waals surface area contributed by atoms with Gasteiger partial charge < -0.3 is 9.47 Å². The van der Waals surface area contributed by atoms with Gasteiger partial charge in [-0.15, -0.1) is 0 Å². The monoisotopic (exact) mass is 480 g/mol. The van der Waals surface area contributed by atoms with Gasteiger partial charge in [-0.2, -0.15) is 0 Å². The summed E-state index contributed by atoms with van der Waals surface area (Å²) in [5.74, 6) is 2.57. The van der Waals surface area contributed by atoms with Gasteiger partial charge in [-0.1, -0.05) is 36.7 Å². The number of hydrogen-bond acceptors (Lipinski definition) is 4. The second-order valence-electron chi connectivity index (χ2n) is 11.5. The van der Waals surface area contributed by atoms with Gasteiger partial charge in [0.25, 0.3) is 0 Å². The molecule has 6 rings (SSSR count). The number of hydrogen-bond donors (Lipinski definition) is 0. The van der Waals surface area contributed by atoms with Crippen LogP contribution in [0.1, 0.15) is 78.6 Å². The van der Waals surface area contributed by atoms with Crippen LogP contribution in [-0.2, 0) is 19.1 Å². The van der Waals surface area contributed by atoms with E-state index in [2.05, 4.69) is 36.7 Å². The number of esters is 1. The van der Waals surface area contributed by atoms with Crippen molar-refractivity contribution in [2.24, 2.45) is 40.4 Å². The second kappa shape index (κ2) is 7.04. The number of carbonyl (C=O) groups excluding carboxylic acids is 2. The maximum Gasteiger partial charge on any atom is 0.305 e. The first-order valence-corrected chi connectivity index (χ1v) is 13.0. The number of fused-ring (bicyclic) bond motifs is 3. The van der Waals surface area contributed by atoms with Gasteiger partial charge in [0, 0.05) is 11.8 Å². The predicted molar refractivity (Wildman–Crippen MR) is 118 cm³/mol. The predicted octanol–water partition coefficient (Wildman–Crippen LogP) is 5.31. The molecular formula is C25H37BrO4. The molecule has 2 saturated heterocycles. The fourth-order valence-electron chi connectivity index (χ4n) is 9.18. The minimum Gasteiger partial charge on any atom is -0.469 e. The normalized spacial score (nSPS) is 52.5. The van der Waals surface area contributed by atoms with Crippen molar-refractivity contribution in [2.75, 3.05) is 7.11 Å². The summed E-state index contributed by atoms with van der Waals surface area (Å²) in [4.78, 5) is 25.8. The molecule has 1 spiro atoms. The highest BCUT2D eigenvalue weighted by Gasteiger charge is 2.77. The summed E-state index contributed by atoms with van der Waals surface area (Å²) in [7, 11) is 1.46. The summed E-state index contributed by atoms with van der Waals surface area (Å²) in [5, 5.41) is 0. The molecule has 6 aliphatic rings. The number of carbonyl (C=O) groups is 2. The van der Waals surface area contributed by atoms with E-state index in [1.54, 1.807) is 0 Å². The minimum atomic E-state index is -0.570. The Balaban J connectivity index is 1.49. The molecule has 30 heavy (non-hydrogen) atoms. The fourth-order valence-corrected chi connectivity index (χ4v) is 10.2. The smallest absolute Gasteiger partial charge is 0.305 e. The van der Waals surface area contributed by atoms with Crippen LogP contribution in [0, 0.1) is 40.4 Å². The molecule has 0 radical (unpaired) electrons. The molecule has 4 aliphatic carbocycles. The fraction of sp³-hybridized carbons (Fsp3) is 0.920. The van der Waals surface area contributed by atoms with Gasteiger partial charge in [0.05, 0.1) is 18.0 Å². The summed E-state index contributed by atoms with van der Waals surface area (Å²) in [5.41, 5.74) is -0.630. The van der Waals surface area contributed by atoms with E-state index in [-0.39, 0.29) is 27.7 Å². The third kappa shape index (κ3) is 2.48. The summed E-state index contributed by atoms with van der Waals surface area (Å²) in [6.45, 7) is 7.02. The van der Waals surface area contributed by atoms with E-state index in [4.69, 9.17) is 9.47 Å². The lowest BCUT2D eigenvalue weighted by molar-refractivity contribution is -0.306. The van der Waals surface area contributed by atoms with Gasteiger partial charge in [-0.05, 0) is 86.4 Å². The van der Waals surface area contributed by atoms with Gasteiger partial charge in [0.2, 0.25) is 0 Å². The van der Waals surface area contributed by atoms with Crippen LogP contribution in [0.3, 0.4) is 0 Å².